The standard InChI is InChI=1S/C14H23NO2S/c1-4-17-14-8-6-5-7-12(14)13(15)9-18-11(3)10(2)16/h5-8,10-11,13,16H,4,9,15H2,1-3H3. The molecule has 0 heterocycles. The van der Waals surface area contributed by atoms with Crippen LogP contribution in [0.2, 0.25) is 0 Å². The van der Waals surface area contributed by atoms with Crippen molar-refractivity contribution in [1.29, 1.82) is 0 Å². The molecule has 3 atom stereocenters. The molecule has 0 radical (unpaired) electrons. The van der Waals surface area contributed by atoms with E-state index in [-0.39, 0.29) is 17.4 Å². The molecular weight excluding hydrogens is 246 g/mol. The van der Waals surface area contributed by atoms with Crippen LogP contribution in [-0.4, -0.2) is 28.8 Å². The topological polar surface area (TPSA) is 55.5 Å². The lowest BCUT2D eigenvalue weighted by molar-refractivity contribution is 0.196. The summed E-state index contributed by atoms with van der Waals surface area (Å²) in [5.41, 5.74) is 7.22. The Morgan fingerprint density at radius 2 is 2.00 bits per heavy atom. The van der Waals surface area contributed by atoms with Crippen LogP contribution in [0.3, 0.4) is 0 Å². The fraction of sp³-hybridized carbons (Fsp3) is 0.571. The van der Waals surface area contributed by atoms with Crippen molar-refractivity contribution in [3.05, 3.63) is 29.8 Å². The molecule has 4 heteroatoms. The van der Waals surface area contributed by atoms with Gasteiger partial charge in [0, 0.05) is 22.6 Å². The van der Waals surface area contributed by atoms with E-state index in [0.717, 1.165) is 17.1 Å². The van der Waals surface area contributed by atoms with E-state index in [9.17, 15) is 5.11 Å². The second-order valence-electron chi connectivity index (χ2n) is 4.36. The predicted molar refractivity (Wildman–Crippen MR) is 78.1 cm³/mol. The van der Waals surface area contributed by atoms with E-state index in [1.54, 1.807) is 18.7 Å². The van der Waals surface area contributed by atoms with Gasteiger partial charge in [0.15, 0.2) is 0 Å². The van der Waals surface area contributed by atoms with Crippen LogP contribution in [0.5, 0.6) is 5.75 Å². The van der Waals surface area contributed by atoms with Crippen molar-refractivity contribution in [2.75, 3.05) is 12.4 Å². The van der Waals surface area contributed by atoms with Gasteiger partial charge in [-0.25, -0.2) is 0 Å². The van der Waals surface area contributed by atoms with Crippen LogP contribution in [0, 0.1) is 0 Å². The van der Waals surface area contributed by atoms with E-state index in [2.05, 4.69) is 0 Å². The van der Waals surface area contributed by atoms with Crippen molar-refractivity contribution in [3.8, 4) is 5.75 Å². The summed E-state index contributed by atoms with van der Waals surface area (Å²) in [5, 5.41) is 9.65. The molecule has 0 aliphatic heterocycles. The van der Waals surface area contributed by atoms with Crippen molar-refractivity contribution in [1.82, 2.24) is 0 Å². The van der Waals surface area contributed by atoms with Crippen LogP contribution in [0.25, 0.3) is 0 Å². The van der Waals surface area contributed by atoms with Crippen LogP contribution >= 0.6 is 11.8 Å². The summed E-state index contributed by atoms with van der Waals surface area (Å²) < 4.78 is 5.57. The van der Waals surface area contributed by atoms with Gasteiger partial charge in [-0.05, 0) is 19.9 Å². The van der Waals surface area contributed by atoms with E-state index >= 15 is 0 Å². The normalized spacial score (nSPS) is 16.1. The number of benzene rings is 1. The van der Waals surface area contributed by atoms with Gasteiger partial charge in [-0.15, -0.1) is 0 Å². The molecule has 18 heavy (non-hydrogen) atoms. The molecule has 1 rings (SSSR count). The number of ether oxygens (including phenoxy) is 1. The van der Waals surface area contributed by atoms with Crippen LogP contribution in [0.15, 0.2) is 24.3 Å². The largest absolute Gasteiger partial charge is 0.494 e. The van der Waals surface area contributed by atoms with Gasteiger partial charge in [-0.1, -0.05) is 25.1 Å². The summed E-state index contributed by atoms with van der Waals surface area (Å²) in [7, 11) is 0. The Labute approximate surface area is 114 Å². The third-order valence-corrected chi connectivity index (χ3v) is 4.31. The van der Waals surface area contributed by atoms with Gasteiger partial charge in [-0.2, -0.15) is 11.8 Å². The maximum absolute atomic E-state index is 9.46. The minimum atomic E-state index is -0.315. The molecule has 0 fully saturated rings. The molecule has 3 unspecified atom stereocenters. The highest BCUT2D eigenvalue weighted by molar-refractivity contribution is 7.99. The molecule has 102 valence electrons. The number of rotatable bonds is 7. The summed E-state index contributed by atoms with van der Waals surface area (Å²) >= 11 is 1.68. The van der Waals surface area contributed by atoms with Crippen LogP contribution in [0.4, 0.5) is 0 Å². The second-order valence-corrected chi connectivity index (χ2v) is 5.77. The molecular formula is C14H23NO2S. The molecule has 0 aliphatic carbocycles. The average Bonchev–Trinajstić information content (AvgIpc) is 2.36. The molecule has 0 saturated heterocycles. The minimum absolute atomic E-state index is 0.0704. The van der Waals surface area contributed by atoms with Crippen molar-refractivity contribution in [2.45, 2.75) is 38.2 Å². The quantitative estimate of drug-likeness (QED) is 0.799. The first-order valence-electron chi connectivity index (χ1n) is 6.33. The Kier molecular flexibility index (Phi) is 6.54. The number of hydrogen-bond acceptors (Lipinski definition) is 4. The SMILES string of the molecule is CCOc1ccccc1C(N)CSC(C)C(C)O. The monoisotopic (exact) mass is 269 g/mol. The molecule has 0 aromatic heterocycles. The first kappa shape index (κ1) is 15.3. The van der Waals surface area contributed by atoms with Crippen LogP contribution in [0.1, 0.15) is 32.4 Å². The van der Waals surface area contributed by atoms with Crippen molar-refractivity contribution < 1.29 is 9.84 Å². The first-order valence-corrected chi connectivity index (χ1v) is 7.38. The molecule has 3 N–H and O–H groups in total. The maximum atomic E-state index is 9.46. The average molecular weight is 269 g/mol. The van der Waals surface area contributed by atoms with E-state index in [1.165, 1.54) is 0 Å². The van der Waals surface area contributed by atoms with Crippen LogP contribution < -0.4 is 10.5 Å². The van der Waals surface area contributed by atoms with Gasteiger partial charge in [0.1, 0.15) is 5.75 Å². The molecule has 1 aromatic carbocycles. The summed E-state index contributed by atoms with van der Waals surface area (Å²) in [5.74, 6) is 1.63. The summed E-state index contributed by atoms with van der Waals surface area (Å²) in [6.45, 7) is 6.42. The van der Waals surface area contributed by atoms with Gasteiger partial charge < -0.3 is 15.6 Å². The summed E-state index contributed by atoms with van der Waals surface area (Å²) in [6.07, 6.45) is -0.315. The van der Waals surface area contributed by atoms with Gasteiger partial charge in [0.25, 0.3) is 0 Å². The zero-order chi connectivity index (χ0) is 13.5. The number of aliphatic hydroxyl groups excluding tert-OH is 1. The Bertz CT molecular complexity index is 357. The fourth-order valence-electron chi connectivity index (χ4n) is 1.56. The molecule has 0 spiro atoms. The lowest BCUT2D eigenvalue weighted by Crippen LogP contribution is -2.20. The highest BCUT2D eigenvalue weighted by Gasteiger charge is 2.15. The highest BCUT2D eigenvalue weighted by Crippen LogP contribution is 2.27. The van der Waals surface area contributed by atoms with Gasteiger partial charge in [0.2, 0.25) is 0 Å². The maximum Gasteiger partial charge on any atom is 0.124 e. The Morgan fingerprint density at radius 1 is 1.33 bits per heavy atom. The zero-order valence-corrected chi connectivity index (χ0v) is 12.1. The number of para-hydroxylation sites is 1. The third kappa shape index (κ3) is 4.52. The number of hydrogen-bond donors (Lipinski definition) is 2. The molecule has 0 bridgehead atoms. The smallest absolute Gasteiger partial charge is 0.124 e. The van der Waals surface area contributed by atoms with Crippen molar-refractivity contribution in [2.24, 2.45) is 5.73 Å². The molecule has 1 aromatic rings. The second kappa shape index (κ2) is 7.67. The lowest BCUT2D eigenvalue weighted by atomic mass is 10.1. The van der Waals surface area contributed by atoms with Crippen LogP contribution in [-0.2, 0) is 0 Å². The lowest BCUT2D eigenvalue weighted by Gasteiger charge is -2.19. The van der Waals surface area contributed by atoms with Crippen molar-refractivity contribution in [3.63, 3.8) is 0 Å². The predicted octanol–water partition coefficient (Wildman–Crippen LogP) is 2.59. The van der Waals surface area contributed by atoms with Crippen molar-refractivity contribution >= 4 is 11.8 Å². The number of nitrogens with two attached hydrogens (primary N) is 1. The zero-order valence-electron chi connectivity index (χ0n) is 11.3. The van der Waals surface area contributed by atoms with E-state index in [4.69, 9.17) is 10.5 Å². The number of thioether (sulfide) groups is 1. The van der Waals surface area contributed by atoms with Gasteiger partial charge in [-0.3, -0.25) is 0 Å². The van der Waals surface area contributed by atoms with E-state index in [1.807, 2.05) is 38.1 Å². The summed E-state index contributed by atoms with van der Waals surface area (Å²) in [4.78, 5) is 0. The first-order chi connectivity index (χ1) is 8.56. The van der Waals surface area contributed by atoms with Gasteiger partial charge >= 0.3 is 0 Å². The Morgan fingerprint density at radius 3 is 2.61 bits per heavy atom. The highest BCUT2D eigenvalue weighted by atomic mass is 32.2. The molecule has 0 aliphatic rings. The van der Waals surface area contributed by atoms with E-state index in [0.29, 0.717) is 6.61 Å². The minimum Gasteiger partial charge on any atom is -0.494 e. The Balaban J connectivity index is 2.63. The fourth-order valence-corrected chi connectivity index (χ4v) is 2.53. The Hall–Kier alpha value is -0.710. The number of aliphatic hydroxyl groups is 1. The molecule has 0 amide bonds. The molecule has 3 nitrogen and oxygen atoms in total. The third-order valence-electron chi connectivity index (χ3n) is 2.84. The molecule has 0 saturated carbocycles. The summed E-state index contributed by atoms with van der Waals surface area (Å²) in [6, 6.07) is 7.80. The van der Waals surface area contributed by atoms with E-state index < -0.39 is 0 Å². The van der Waals surface area contributed by atoms with Gasteiger partial charge in [0.05, 0.1) is 12.7 Å².